The lowest BCUT2D eigenvalue weighted by Gasteiger charge is -2.15. The first kappa shape index (κ1) is 16.7. The molecule has 0 fully saturated rings. The second kappa shape index (κ2) is 7.08. The van der Waals surface area contributed by atoms with Crippen LogP contribution >= 0.6 is 0 Å². The minimum atomic E-state index is -1.07. The summed E-state index contributed by atoms with van der Waals surface area (Å²) in [6, 6.07) is 0.539. The van der Waals surface area contributed by atoms with Crippen LogP contribution in [-0.4, -0.2) is 38.0 Å². The van der Waals surface area contributed by atoms with E-state index < -0.39 is 17.9 Å². The molecule has 2 heterocycles. The fourth-order valence-electron chi connectivity index (χ4n) is 2.13. The molecule has 0 radical (unpaired) electrons. The minimum Gasteiger partial charge on any atom is -0.480 e. The van der Waals surface area contributed by atoms with Crippen LogP contribution in [0, 0.1) is 12.8 Å². The summed E-state index contributed by atoms with van der Waals surface area (Å²) in [5.74, 6) is -1.02. The van der Waals surface area contributed by atoms with Crippen LogP contribution in [0.25, 0.3) is 0 Å². The summed E-state index contributed by atoms with van der Waals surface area (Å²) in [6.07, 6.45) is 3.90. The molecule has 0 unspecified atom stereocenters. The van der Waals surface area contributed by atoms with E-state index in [4.69, 9.17) is 9.63 Å². The van der Waals surface area contributed by atoms with E-state index in [2.05, 4.69) is 15.6 Å². The van der Waals surface area contributed by atoms with Crippen LogP contribution < -0.4 is 5.32 Å². The van der Waals surface area contributed by atoms with E-state index in [1.807, 2.05) is 27.0 Å². The van der Waals surface area contributed by atoms with Gasteiger partial charge in [-0.3, -0.25) is 9.48 Å². The number of rotatable bonds is 7. The average molecular weight is 320 g/mol. The van der Waals surface area contributed by atoms with Gasteiger partial charge in [0.2, 0.25) is 0 Å². The average Bonchev–Trinajstić information content (AvgIpc) is 3.07. The van der Waals surface area contributed by atoms with E-state index in [0.717, 1.165) is 5.56 Å². The minimum absolute atomic E-state index is 0.0545. The first-order valence-corrected chi connectivity index (χ1v) is 7.33. The molecule has 2 aromatic rings. The van der Waals surface area contributed by atoms with Gasteiger partial charge < -0.3 is 14.9 Å². The molecule has 2 aromatic heterocycles. The summed E-state index contributed by atoms with van der Waals surface area (Å²) < 4.78 is 6.77. The number of aromatic nitrogens is 3. The zero-order valence-corrected chi connectivity index (χ0v) is 13.3. The number of nitrogens with one attached hydrogen (secondary N) is 1. The molecule has 0 aliphatic heterocycles. The Morgan fingerprint density at radius 2 is 2.17 bits per heavy atom. The number of aryl methyl sites for hydroxylation is 1. The zero-order valence-electron chi connectivity index (χ0n) is 13.3. The van der Waals surface area contributed by atoms with Crippen LogP contribution in [0.1, 0.15) is 42.1 Å². The molecule has 0 bridgehead atoms. The summed E-state index contributed by atoms with van der Waals surface area (Å²) in [4.78, 5) is 23.3. The van der Waals surface area contributed by atoms with Gasteiger partial charge in [-0.05, 0) is 24.8 Å². The smallest absolute Gasteiger partial charge is 0.326 e. The van der Waals surface area contributed by atoms with Crippen LogP contribution in [0.2, 0.25) is 0 Å². The molecular weight excluding hydrogens is 300 g/mol. The first-order valence-electron chi connectivity index (χ1n) is 7.33. The number of carboxylic acids is 1. The van der Waals surface area contributed by atoms with E-state index in [0.29, 0.717) is 18.7 Å². The molecule has 0 aromatic carbocycles. The highest BCUT2D eigenvalue weighted by molar-refractivity contribution is 5.94. The Morgan fingerprint density at radius 1 is 1.43 bits per heavy atom. The van der Waals surface area contributed by atoms with E-state index in [1.54, 1.807) is 10.9 Å². The second-order valence-electron chi connectivity index (χ2n) is 5.89. The van der Waals surface area contributed by atoms with Crippen molar-refractivity contribution in [2.24, 2.45) is 5.92 Å². The first-order chi connectivity index (χ1) is 10.8. The monoisotopic (exact) mass is 320 g/mol. The van der Waals surface area contributed by atoms with Gasteiger partial charge in [0, 0.05) is 12.3 Å². The number of hydrogen-bond acceptors (Lipinski definition) is 5. The van der Waals surface area contributed by atoms with Crippen molar-refractivity contribution in [3.05, 3.63) is 35.5 Å². The Bertz CT molecular complexity index is 689. The van der Waals surface area contributed by atoms with Gasteiger partial charge >= 0.3 is 5.97 Å². The maximum Gasteiger partial charge on any atom is 0.326 e. The molecule has 1 atom stereocenters. The molecule has 0 saturated carbocycles. The molecule has 124 valence electrons. The molecule has 23 heavy (non-hydrogen) atoms. The molecule has 0 aliphatic carbocycles. The third-order valence-electron chi connectivity index (χ3n) is 3.18. The Morgan fingerprint density at radius 3 is 2.74 bits per heavy atom. The van der Waals surface area contributed by atoms with E-state index in [9.17, 15) is 9.59 Å². The van der Waals surface area contributed by atoms with Gasteiger partial charge in [0.15, 0.2) is 11.5 Å². The maximum absolute atomic E-state index is 12.1. The van der Waals surface area contributed by atoms with Crippen molar-refractivity contribution in [1.82, 2.24) is 20.3 Å². The highest BCUT2D eigenvalue weighted by atomic mass is 16.5. The summed E-state index contributed by atoms with van der Waals surface area (Å²) in [7, 11) is 0. The van der Waals surface area contributed by atoms with Crippen molar-refractivity contribution in [3.63, 3.8) is 0 Å². The molecule has 2 N–H and O–H groups in total. The van der Waals surface area contributed by atoms with Gasteiger partial charge in [0.1, 0.15) is 12.6 Å². The third kappa shape index (κ3) is 4.67. The van der Waals surface area contributed by atoms with Crippen molar-refractivity contribution in [2.75, 3.05) is 0 Å². The summed E-state index contributed by atoms with van der Waals surface area (Å²) >= 11 is 0. The molecule has 0 aliphatic rings. The lowest BCUT2D eigenvalue weighted by molar-refractivity contribution is -0.139. The van der Waals surface area contributed by atoms with Crippen LogP contribution in [0.15, 0.2) is 23.0 Å². The Balaban J connectivity index is 2.01. The van der Waals surface area contributed by atoms with Gasteiger partial charge in [0.05, 0.1) is 6.20 Å². The molecule has 0 spiro atoms. The number of amides is 1. The molecule has 8 nitrogen and oxygen atoms in total. The van der Waals surface area contributed by atoms with E-state index in [1.165, 1.54) is 6.07 Å². The number of nitrogens with zero attached hydrogens (tertiary/aromatic N) is 3. The Labute approximate surface area is 133 Å². The van der Waals surface area contributed by atoms with Crippen LogP contribution in [0.4, 0.5) is 0 Å². The van der Waals surface area contributed by atoms with Gasteiger partial charge in [0.25, 0.3) is 5.91 Å². The number of aliphatic carboxylic acids is 1. The maximum atomic E-state index is 12.1. The molecule has 2 rings (SSSR count). The Kier molecular flexibility index (Phi) is 5.15. The van der Waals surface area contributed by atoms with E-state index in [-0.39, 0.29) is 11.6 Å². The lowest BCUT2D eigenvalue weighted by atomic mass is 10.0. The number of carbonyl (C=O) groups excluding carboxylic acids is 1. The predicted molar refractivity (Wildman–Crippen MR) is 80.9 cm³/mol. The summed E-state index contributed by atoms with van der Waals surface area (Å²) in [5, 5.41) is 19.4. The highest BCUT2D eigenvalue weighted by Crippen LogP contribution is 2.09. The number of hydrogen-bond donors (Lipinski definition) is 2. The van der Waals surface area contributed by atoms with Gasteiger partial charge in [-0.2, -0.15) is 5.10 Å². The van der Waals surface area contributed by atoms with Crippen molar-refractivity contribution in [2.45, 2.75) is 39.8 Å². The number of carbonyl (C=O) groups is 2. The quantitative estimate of drug-likeness (QED) is 0.799. The third-order valence-corrected chi connectivity index (χ3v) is 3.18. The summed E-state index contributed by atoms with van der Waals surface area (Å²) in [6.45, 7) is 6.05. The Hall–Kier alpha value is -2.64. The zero-order chi connectivity index (χ0) is 17.0. The van der Waals surface area contributed by atoms with Crippen molar-refractivity contribution < 1.29 is 19.2 Å². The van der Waals surface area contributed by atoms with Crippen LogP contribution in [-0.2, 0) is 11.3 Å². The SMILES string of the molecule is Cc1cnn(Cc2cc(C(=O)N[C@@H](CC(C)C)C(=O)O)no2)c1. The molecule has 0 saturated heterocycles. The highest BCUT2D eigenvalue weighted by Gasteiger charge is 2.23. The normalized spacial score (nSPS) is 12.3. The fraction of sp³-hybridized carbons (Fsp3) is 0.467. The van der Waals surface area contributed by atoms with Crippen molar-refractivity contribution >= 4 is 11.9 Å². The molecule has 1 amide bonds. The van der Waals surface area contributed by atoms with Gasteiger partial charge in [-0.1, -0.05) is 19.0 Å². The largest absolute Gasteiger partial charge is 0.480 e. The fourth-order valence-corrected chi connectivity index (χ4v) is 2.13. The second-order valence-corrected chi connectivity index (χ2v) is 5.89. The van der Waals surface area contributed by atoms with Gasteiger partial charge in [-0.15, -0.1) is 0 Å². The van der Waals surface area contributed by atoms with Crippen molar-refractivity contribution in [1.29, 1.82) is 0 Å². The lowest BCUT2D eigenvalue weighted by Crippen LogP contribution is -2.41. The molecule has 8 heteroatoms. The topological polar surface area (TPSA) is 110 Å². The van der Waals surface area contributed by atoms with Crippen LogP contribution in [0.3, 0.4) is 0 Å². The number of carboxylic acid groups (broad SMARTS) is 1. The summed E-state index contributed by atoms with van der Waals surface area (Å²) in [5.41, 5.74) is 1.07. The van der Waals surface area contributed by atoms with Crippen LogP contribution in [0.5, 0.6) is 0 Å². The molecular formula is C15H20N4O4. The van der Waals surface area contributed by atoms with Crippen molar-refractivity contribution in [3.8, 4) is 0 Å². The van der Waals surface area contributed by atoms with Gasteiger partial charge in [-0.25, -0.2) is 4.79 Å². The standard InChI is InChI=1S/C15H20N4O4/c1-9(2)4-13(15(21)22)17-14(20)12-5-11(23-18-12)8-19-7-10(3)6-16-19/h5-7,9,13H,4,8H2,1-3H3,(H,17,20)(H,21,22)/t13-/m0/s1. The predicted octanol–water partition coefficient (Wildman–Crippen LogP) is 1.46. The van der Waals surface area contributed by atoms with E-state index >= 15 is 0 Å².